The normalized spacial score (nSPS) is 11.9. The minimum absolute atomic E-state index is 0.0206. The van der Waals surface area contributed by atoms with Gasteiger partial charge in [-0.3, -0.25) is 0 Å². The number of carbonyl (C=O) groups is 1. The first-order valence-electron chi connectivity index (χ1n) is 9.68. The Morgan fingerprint density at radius 3 is 2.69 bits per heavy atom. The van der Waals surface area contributed by atoms with Crippen molar-refractivity contribution in [2.45, 2.75) is 39.4 Å². The Bertz CT molecular complexity index is 972. The number of carbonyl (C=O) groups excluding carboxylic acids is 1. The minimum atomic E-state index is -0.383. The molecule has 6 heteroatoms. The zero-order valence-electron chi connectivity index (χ0n) is 16.6. The Morgan fingerprint density at radius 1 is 1.17 bits per heavy atom. The Morgan fingerprint density at radius 2 is 1.97 bits per heavy atom. The third-order valence-corrected chi connectivity index (χ3v) is 5.38. The molecule has 29 heavy (non-hydrogen) atoms. The Hall–Kier alpha value is -2.79. The summed E-state index contributed by atoms with van der Waals surface area (Å²) in [5.41, 5.74) is 2.46. The summed E-state index contributed by atoms with van der Waals surface area (Å²) in [6.45, 7) is 5.11. The van der Waals surface area contributed by atoms with Crippen molar-refractivity contribution < 1.29 is 9.18 Å². The van der Waals surface area contributed by atoms with Crippen LogP contribution < -0.4 is 5.32 Å². The molecule has 0 spiro atoms. The van der Waals surface area contributed by atoms with E-state index in [0.29, 0.717) is 18.8 Å². The van der Waals surface area contributed by atoms with Gasteiger partial charge in [-0.2, -0.15) is 0 Å². The van der Waals surface area contributed by atoms with Gasteiger partial charge in [0.15, 0.2) is 0 Å². The smallest absolute Gasteiger partial charge is 0.322 e. The molecule has 0 saturated carbocycles. The summed E-state index contributed by atoms with van der Waals surface area (Å²) < 4.78 is 15.6. The quantitative estimate of drug-likeness (QED) is 0.494. The fraction of sp³-hybridized carbons (Fsp3) is 0.261. The van der Waals surface area contributed by atoms with E-state index in [0.717, 1.165) is 22.7 Å². The number of amides is 2. The van der Waals surface area contributed by atoms with E-state index in [1.54, 1.807) is 17.0 Å². The van der Waals surface area contributed by atoms with Crippen LogP contribution in [0.5, 0.6) is 0 Å². The van der Waals surface area contributed by atoms with Gasteiger partial charge in [0.1, 0.15) is 5.82 Å². The summed E-state index contributed by atoms with van der Waals surface area (Å²) >= 11 is 6.31. The molecular weight excluding hydrogens is 389 g/mol. The Kier molecular flexibility index (Phi) is 6.94. The lowest BCUT2D eigenvalue weighted by molar-refractivity contribution is 0.185. The Balaban J connectivity index is 1.78. The SMILES string of the molecule is CC[C@@H](C)N(Cc1cccn1Cc1ccccc1Cl)C(=O)Nc1cccc(F)c1. The zero-order valence-corrected chi connectivity index (χ0v) is 17.4. The summed E-state index contributed by atoms with van der Waals surface area (Å²) in [7, 11) is 0. The third kappa shape index (κ3) is 5.39. The fourth-order valence-electron chi connectivity index (χ4n) is 3.14. The highest BCUT2D eigenvalue weighted by Gasteiger charge is 2.21. The van der Waals surface area contributed by atoms with Crippen molar-refractivity contribution in [3.8, 4) is 0 Å². The average Bonchev–Trinajstić information content (AvgIpc) is 3.14. The van der Waals surface area contributed by atoms with Crippen molar-refractivity contribution in [2.24, 2.45) is 0 Å². The molecule has 0 fully saturated rings. The second-order valence-corrected chi connectivity index (χ2v) is 7.45. The van der Waals surface area contributed by atoms with Gasteiger partial charge < -0.3 is 14.8 Å². The van der Waals surface area contributed by atoms with E-state index < -0.39 is 0 Å². The highest BCUT2D eigenvalue weighted by molar-refractivity contribution is 6.31. The van der Waals surface area contributed by atoms with Crippen molar-refractivity contribution >= 4 is 23.3 Å². The van der Waals surface area contributed by atoms with Crippen LogP contribution in [0.2, 0.25) is 5.02 Å². The number of rotatable bonds is 7. The minimum Gasteiger partial charge on any atom is -0.345 e. The van der Waals surface area contributed by atoms with Gasteiger partial charge in [0.25, 0.3) is 0 Å². The van der Waals surface area contributed by atoms with Crippen molar-refractivity contribution in [2.75, 3.05) is 5.32 Å². The van der Waals surface area contributed by atoms with Crippen LogP contribution in [0.25, 0.3) is 0 Å². The predicted octanol–water partition coefficient (Wildman–Crippen LogP) is 6.16. The van der Waals surface area contributed by atoms with E-state index >= 15 is 0 Å². The summed E-state index contributed by atoms with van der Waals surface area (Å²) in [5, 5.41) is 3.52. The second kappa shape index (κ2) is 9.61. The molecule has 3 aromatic rings. The summed E-state index contributed by atoms with van der Waals surface area (Å²) in [4.78, 5) is 14.7. The zero-order chi connectivity index (χ0) is 20.8. The van der Waals surface area contributed by atoms with E-state index in [1.807, 2.05) is 56.4 Å². The van der Waals surface area contributed by atoms with E-state index in [2.05, 4.69) is 9.88 Å². The molecule has 1 atom stereocenters. The maximum Gasteiger partial charge on any atom is 0.322 e. The lowest BCUT2D eigenvalue weighted by atomic mass is 10.2. The summed E-state index contributed by atoms with van der Waals surface area (Å²) in [5.74, 6) is -0.383. The molecule has 0 saturated heterocycles. The first-order valence-corrected chi connectivity index (χ1v) is 10.1. The van der Waals surface area contributed by atoms with E-state index in [1.165, 1.54) is 12.1 Å². The number of hydrogen-bond acceptors (Lipinski definition) is 1. The highest BCUT2D eigenvalue weighted by atomic mass is 35.5. The van der Waals surface area contributed by atoms with Gasteiger partial charge in [0, 0.05) is 35.2 Å². The Labute approximate surface area is 175 Å². The molecule has 0 bridgehead atoms. The van der Waals surface area contributed by atoms with E-state index in [4.69, 9.17) is 11.6 Å². The van der Waals surface area contributed by atoms with Gasteiger partial charge in [-0.1, -0.05) is 42.8 Å². The molecule has 1 aromatic heterocycles. The van der Waals surface area contributed by atoms with Crippen LogP contribution in [-0.2, 0) is 13.1 Å². The van der Waals surface area contributed by atoms with Gasteiger partial charge in [-0.25, -0.2) is 9.18 Å². The van der Waals surface area contributed by atoms with Crippen molar-refractivity contribution in [1.82, 2.24) is 9.47 Å². The van der Waals surface area contributed by atoms with Gasteiger partial charge in [-0.15, -0.1) is 0 Å². The molecule has 1 heterocycles. The molecule has 1 N–H and O–H groups in total. The maximum atomic E-state index is 13.5. The monoisotopic (exact) mass is 413 g/mol. The first-order chi connectivity index (χ1) is 14.0. The third-order valence-electron chi connectivity index (χ3n) is 5.01. The van der Waals surface area contributed by atoms with Crippen LogP contribution >= 0.6 is 11.6 Å². The number of aromatic nitrogens is 1. The molecule has 2 amide bonds. The number of hydrogen-bond donors (Lipinski definition) is 1. The molecule has 0 aliphatic heterocycles. The number of nitrogens with one attached hydrogen (secondary N) is 1. The average molecular weight is 414 g/mol. The van der Waals surface area contributed by atoms with Crippen molar-refractivity contribution in [1.29, 1.82) is 0 Å². The molecule has 152 valence electrons. The fourth-order valence-corrected chi connectivity index (χ4v) is 3.34. The van der Waals surface area contributed by atoms with E-state index in [9.17, 15) is 9.18 Å². The van der Waals surface area contributed by atoms with Crippen LogP contribution in [0.15, 0.2) is 66.9 Å². The molecular formula is C23H25ClFN3O. The standard InChI is InChI=1S/C23H25ClFN3O/c1-3-17(2)28(23(29)26-20-10-6-9-19(25)14-20)16-21-11-7-13-27(21)15-18-8-4-5-12-22(18)24/h4-14,17H,3,15-16H2,1-2H3,(H,26,29)/t17-/m1/s1. The van der Waals surface area contributed by atoms with Crippen LogP contribution in [-0.4, -0.2) is 21.5 Å². The van der Waals surface area contributed by atoms with Gasteiger partial charge in [-0.05, 0) is 55.3 Å². The molecule has 4 nitrogen and oxygen atoms in total. The molecule has 0 radical (unpaired) electrons. The van der Waals surface area contributed by atoms with Gasteiger partial charge >= 0.3 is 6.03 Å². The second-order valence-electron chi connectivity index (χ2n) is 7.04. The lowest BCUT2D eigenvalue weighted by Crippen LogP contribution is -2.41. The molecule has 2 aromatic carbocycles. The number of benzene rings is 2. The molecule has 0 aliphatic rings. The molecule has 0 unspecified atom stereocenters. The van der Waals surface area contributed by atoms with Crippen LogP contribution in [0, 0.1) is 5.82 Å². The van der Waals surface area contributed by atoms with Crippen molar-refractivity contribution in [3.63, 3.8) is 0 Å². The lowest BCUT2D eigenvalue weighted by Gasteiger charge is -2.29. The first kappa shape index (κ1) is 20.9. The van der Waals surface area contributed by atoms with E-state index in [-0.39, 0.29) is 17.9 Å². The number of nitrogens with zero attached hydrogens (tertiary/aromatic N) is 2. The largest absolute Gasteiger partial charge is 0.345 e. The number of anilines is 1. The van der Waals surface area contributed by atoms with Gasteiger partial charge in [0.2, 0.25) is 0 Å². The highest BCUT2D eigenvalue weighted by Crippen LogP contribution is 2.20. The molecule has 3 rings (SSSR count). The van der Waals surface area contributed by atoms with Crippen LogP contribution in [0.3, 0.4) is 0 Å². The van der Waals surface area contributed by atoms with Crippen LogP contribution in [0.1, 0.15) is 31.5 Å². The number of urea groups is 1. The topological polar surface area (TPSA) is 37.3 Å². The summed E-state index contributed by atoms with van der Waals surface area (Å²) in [6.07, 6.45) is 2.79. The maximum absolute atomic E-state index is 13.5. The van der Waals surface area contributed by atoms with Crippen molar-refractivity contribution in [3.05, 3.63) is 89.0 Å². The number of halogens is 2. The van der Waals surface area contributed by atoms with Crippen LogP contribution in [0.4, 0.5) is 14.9 Å². The predicted molar refractivity (Wildman–Crippen MR) is 116 cm³/mol. The summed E-state index contributed by atoms with van der Waals surface area (Å²) in [6, 6.07) is 17.4. The molecule has 0 aliphatic carbocycles. The van der Waals surface area contributed by atoms with Gasteiger partial charge in [0.05, 0.1) is 6.54 Å².